The lowest BCUT2D eigenvalue weighted by Gasteiger charge is -2.26. The van der Waals surface area contributed by atoms with Crippen LogP contribution in [0.25, 0.3) is 97.0 Å². The van der Waals surface area contributed by atoms with Crippen LogP contribution in [0.3, 0.4) is 0 Å². The summed E-state index contributed by atoms with van der Waals surface area (Å²) in [7, 11) is 0. The fraction of sp³-hybridized carbons (Fsp3) is 0. The third-order valence-corrected chi connectivity index (χ3v) is 13.1. The van der Waals surface area contributed by atoms with Gasteiger partial charge in [0.25, 0.3) is 0 Å². The second-order valence-corrected chi connectivity index (χ2v) is 16.3. The summed E-state index contributed by atoms with van der Waals surface area (Å²) in [5.74, 6) is 0. The number of benzene rings is 10. The first kappa shape index (κ1) is 33.7. The Kier molecular flexibility index (Phi) is 7.75. The summed E-state index contributed by atoms with van der Waals surface area (Å²) in [6.07, 6.45) is 0. The molecule has 0 aliphatic carbocycles. The lowest BCUT2D eigenvalue weighted by molar-refractivity contribution is 0.669. The number of furan rings is 1. The molecule has 12 rings (SSSR count). The van der Waals surface area contributed by atoms with Crippen molar-refractivity contribution in [2.24, 2.45) is 0 Å². The normalized spacial score (nSPS) is 11.7. The first-order valence-corrected chi connectivity index (χ1v) is 20.9. The highest BCUT2D eigenvalue weighted by Crippen LogP contribution is 2.48. The molecule has 0 bridgehead atoms. The van der Waals surface area contributed by atoms with Gasteiger partial charge in [0, 0.05) is 37.6 Å². The van der Waals surface area contributed by atoms with Crippen molar-refractivity contribution in [2.45, 2.75) is 0 Å². The Morgan fingerprint density at radius 1 is 0.322 bits per heavy atom. The third-order valence-electron chi connectivity index (χ3n) is 11.9. The molecule has 0 spiro atoms. The molecule has 0 aliphatic heterocycles. The molecule has 0 unspecified atom stereocenters. The summed E-state index contributed by atoms with van der Waals surface area (Å²) in [6, 6.07) is 77.0. The highest BCUT2D eigenvalue weighted by atomic mass is 32.1. The zero-order chi connectivity index (χ0) is 38.9. The van der Waals surface area contributed by atoms with E-state index in [2.05, 4.69) is 205 Å². The standard InChI is InChI=1S/C56H35NOS/c1-2-12-37(13-3-1)44-19-10-20-48-49-21-11-22-52(56(49)59-55(44)48)57(41-29-24-36(25-30-41)39-28-33-54-51(34-39)47-18-8-9-23-53(47)58-54)42-31-26-38(27-32-42)50-35-40-14-4-5-15-43(40)45-16-6-7-17-46(45)50/h1-35H. The Balaban J connectivity index is 1.02. The Morgan fingerprint density at radius 2 is 0.898 bits per heavy atom. The average Bonchev–Trinajstić information content (AvgIpc) is 3.88. The molecule has 0 N–H and O–H groups in total. The van der Waals surface area contributed by atoms with E-state index in [0.29, 0.717) is 0 Å². The monoisotopic (exact) mass is 769 g/mol. The van der Waals surface area contributed by atoms with E-state index < -0.39 is 0 Å². The average molecular weight is 770 g/mol. The Morgan fingerprint density at radius 3 is 1.69 bits per heavy atom. The van der Waals surface area contributed by atoms with Gasteiger partial charge in [-0.1, -0.05) is 158 Å². The van der Waals surface area contributed by atoms with E-state index in [1.807, 2.05) is 23.5 Å². The van der Waals surface area contributed by atoms with Crippen LogP contribution in [0.2, 0.25) is 0 Å². The summed E-state index contributed by atoms with van der Waals surface area (Å²) in [4.78, 5) is 2.43. The molecule has 2 nitrogen and oxygen atoms in total. The molecule has 276 valence electrons. The van der Waals surface area contributed by atoms with Gasteiger partial charge >= 0.3 is 0 Å². The van der Waals surface area contributed by atoms with Crippen molar-refractivity contribution in [3.05, 3.63) is 212 Å². The van der Waals surface area contributed by atoms with Crippen LogP contribution in [0.4, 0.5) is 17.1 Å². The molecular formula is C56H35NOS. The van der Waals surface area contributed by atoms with E-state index in [0.717, 1.165) is 50.1 Å². The molecule has 59 heavy (non-hydrogen) atoms. The molecular weight excluding hydrogens is 735 g/mol. The van der Waals surface area contributed by atoms with Gasteiger partial charge in [0.1, 0.15) is 11.2 Å². The molecule has 10 aromatic carbocycles. The van der Waals surface area contributed by atoms with Crippen molar-refractivity contribution in [3.63, 3.8) is 0 Å². The second kappa shape index (κ2) is 13.6. The molecule has 3 heteroatoms. The van der Waals surface area contributed by atoms with E-state index in [9.17, 15) is 0 Å². The molecule has 0 radical (unpaired) electrons. The predicted octanol–water partition coefficient (Wildman–Crippen LogP) is 16.7. The quantitative estimate of drug-likeness (QED) is 0.157. The fourth-order valence-corrected chi connectivity index (χ4v) is 10.4. The van der Waals surface area contributed by atoms with Crippen molar-refractivity contribution in [1.29, 1.82) is 0 Å². The summed E-state index contributed by atoms with van der Waals surface area (Å²) in [5, 5.41) is 9.89. The van der Waals surface area contributed by atoms with Crippen LogP contribution in [-0.2, 0) is 0 Å². The second-order valence-electron chi connectivity index (χ2n) is 15.2. The SMILES string of the molecule is c1ccc(-c2cccc3c2sc2c(N(c4ccc(-c5ccc6oc7ccccc7c6c5)cc4)c4ccc(-c5cc6ccccc6c6ccccc56)cc4)cccc23)cc1. The van der Waals surface area contributed by atoms with E-state index in [1.54, 1.807) is 0 Å². The van der Waals surface area contributed by atoms with Crippen LogP contribution < -0.4 is 4.90 Å². The van der Waals surface area contributed by atoms with Crippen molar-refractivity contribution in [1.82, 2.24) is 0 Å². The number of rotatable bonds is 6. The van der Waals surface area contributed by atoms with Crippen LogP contribution in [0.5, 0.6) is 0 Å². The zero-order valence-electron chi connectivity index (χ0n) is 32.0. The van der Waals surface area contributed by atoms with Crippen LogP contribution in [0, 0.1) is 0 Å². The largest absolute Gasteiger partial charge is 0.456 e. The maximum absolute atomic E-state index is 6.15. The topological polar surface area (TPSA) is 16.4 Å². The molecule has 0 atom stereocenters. The van der Waals surface area contributed by atoms with Gasteiger partial charge in [0.2, 0.25) is 0 Å². The van der Waals surface area contributed by atoms with E-state index in [-0.39, 0.29) is 0 Å². The molecule has 0 amide bonds. The predicted molar refractivity (Wildman–Crippen MR) is 253 cm³/mol. The summed E-state index contributed by atoms with van der Waals surface area (Å²) < 4.78 is 8.72. The van der Waals surface area contributed by atoms with Crippen LogP contribution in [0.1, 0.15) is 0 Å². The fourth-order valence-electron chi connectivity index (χ4n) is 9.05. The number of hydrogen-bond acceptors (Lipinski definition) is 3. The Labute approximate surface area is 345 Å². The molecule has 0 saturated heterocycles. The minimum absolute atomic E-state index is 0.907. The molecule has 0 aliphatic rings. The van der Waals surface area contributed by atoms with Gasteiger partial charge in [-0.2, -0.15) is 0 Å². The van der Waals surface area contributed by atoms with Gasteiger partial charge < -0.3 is 9.32 Å². The number of hydrogen-bond donors (Lipinski definition) is 0. The van der Waals surface area contributed by atoms with E-state index in [1.165, 1.54) is 64.0 Å². The van der Waals surface area contributed by atoms with Crippen molar-refractivity contribution in [2.75, 3.05) is 4.90 Å². The summed E-state index contributed by atoms with van der Waals surface area (Å²) in [6.45, 7) is 0. The minimum atomic E-state index is 0.907. The maximum atomic E-state index is 6.15. The smallest absolute Gasteiger partial charge is 0.135 e. The van der Waals surface area contributed by atoms with Crippen molar-refractivity contribution in [3.8, 4) is 33.4 Å². The lowest BCUT2D eigenvalue weighted by Crippen LogP contribution is -2.10. The highest BCUT2D eigenvalue weighted by molar-refractivity contribution is 7.27. The van der Waals surface area contributed by atoms with Gasteiger partial charge in [-0.05, 0) is 110 Å². The summed E-state index contributed by atoms with van der Waals surface area (Å²) in [5.41, 5.74) is 12.4. The molecule has 0 saturated carbocycles. The zero-order valence-corrected chi connectivity index (χ0v) is 32.8. The first-order valence-electron chi connectivity index (χ1n) is 20.1. The number of para-hydroxylation sites is 1. The summed E-state index contributed by atoms with van der Waals surface area (Å²) >= 11 is 1.88. The molecule has 2 aromatic heterocycles. The van der Waals surface area contributed by atoms with E-state index >= 15 is 0 Å². The van der Waals surface area contributed by atoms with Crippen LogP contribution in [0.15, 0.2) is 217 Å². The molecule has 12 aromatic rings. The van der Waals surface area contributed by atoms with Gasteiger partial charge in [0.05, 0.1) is 10.4 Å². The number of nitrogens with zero attached hydrogens (tertiary/aromatic N) is 1. The highest BCUT2D eigenvalue weighted by Gasteiger charge is 2.20. The van der Waals surface area contributed by atoms with Gasteiger partial charge in [-0.3, -0.25) is 0 Å². The number of thiophene rings is 1. The minimum Gasteiger partial charge on any atom is -0.456 e. The Hall–Kier alpha value is -7.46. The van der Waals surface area contributed by atoms with Crippen molar-refractivity contribution < 1.29 is 4.42 Å². The Bertz CT molecular complexity index is 3540. The first-order chi connectivity index (χ1) is 29.2. The maximum Gasteiger partial charge on any atom is 0.135 e. The van der Waals surface area contributed by atoms with Gasteiger partial charge in [-0.25, -0.2) is 0 Å². The molecule has 2 heterocycles. The van der Waals surface area contributed by atoms with Gasteiger partial charge in [0.15, 0.2) is 0 Å². The van der Waals surface area contributed by atoms with Crippen LogP contribution in [-0.4, -0.2) is 0 Å². The third kappa shape index (κ3) is 5.55. The number of fused-ring (bicyclic) bond motifs is 9. The number of anilines is 3. The van der Waals surface area contributed by atoms with Gasteiger partial charge in [-0.15, -0.1) is 11.3 Å². The molecule has 0 fully saturated rings. The van der Waals surface area contributed by atoms with Crippen LogP contribution >= 0.6 is 11.3 Å². The van der Waals surface area contributed by atoms with Crippen molar-refractivity contribution >= 4 is 92.1 Å². The lowest BCUT2D eigenvalue weighted by atomic mass is 9.93. The van der Waals surface area contributed by atoms with E-state index in [4.69, 9.17) is 4.42 Å².